The topological polar surface area (TPSA) is 55.9 Å². The van der Waals surface area contributed by atoms with Gasteiger partial charge in [0.25, 0.3) is 0 Å². The Labute approximate surface area is 425 Å². The van der Waals surface area contributed by atoms with Crippen molar-refractivity contribution >= 4 is 43.6 Å². The second-order valence-electron chi connectivity index (χ2n) is 21.7. The first-order valence-electron chi connectivity index (χ1n) is 24.0. The summed E-state index contributed by atoms with van der Waals surface area (Å²) in [7, 11) is 0. The van der Waals surface area contributed by atoms with E-state index < -0.39 is 0 Å². The van der Waals surface area contributed by atoms with E-state index in [0.29, 0.717) is 11.4 Å². The van der Waals surface area contributed by atoms with Gasteiger partial charge in [-0.1, -0.05) is 183 Å². The second kappa shape index (κ2) is 17.4. The number of rotatable bonds is 6. The Bertz CT molecular complexity index is 3780. The molecule has 0 bridgehead atoms. The van der Waals surface area contributed by atoms with Gasteiger partial charge >= 0.3 is 0 Å². The Hall–Kier alpha value is -7.07. The molecule has 0 aliphatic rings. The average molecular weight is 1090 g/mol. The van der Waals surface area contributed by atoms with E-state index in [-0.39, 0.29) is 43.1 Å². The van der Waals surface area contributed by atoms with Crippen LogP contribution >= 0.6 is 0 Å². The maximum absolute atomic E-state index is 11.5. The molecule has 0 aliphatic carbocycles. The zero-order valence-corrected chi connectivity index (χ0v) is 43.6. The summed E-state index contributed by atoms with van der Waals surface area (Å²) < 4.78 is 4.68. The number of aromatic hydroxyl groups is 1. The maximum Gasteiger partial charge on any atom is 0.148 e. The van der Waals surface area contributed by atoms with E-state index in [1.807, 2.05) is 24.4 Å². The molecule has 0 spiro atoms. The van der Waals surface area contributed by atoms with Crippen LogP contribution in [0, 0.1) is 6.07 Å². The first kappa shape index (κ1) is 46.6. The summed E-state index contributed by atoms with van der Waals surface area (Å²) in [5, 5.41) is 16.3. The summed E-state index contributed by atoms with van der Waals surface area (Å²) in [6, 6.07) is 64.2. The van der Waals surface area contributed by atoms with E-state index in [1.54, 1.807) is 6.07 Å². The molecule has 5 nitrogen and oxygen atoms in total. The molecule has 3 aromatic heterocycles. The number of hydrogen-bond acceptors (Lipinski definition) is 3. The Morgan fingerprint density at radius 1 is 0.486 bits per heavy atom. The molecule has 0 atom stereocenters. The first-order chi connectivity index (χ1) is 33.0. The van der Waals surface area contributed by atoms with Crippen LogP contribution in [0.5, 0.6) is 5.75 Å². The SMILES string of the molecule is CC(C)(C)c1cc(-c2cc(-c3cccc4c5ccccc5n(-c5cccc6ccccc56)c34)ccn2)[c-]c(-c2cccc3c2nc(-c2ccccc2O)n3-c2cc(C(C)(C)C)cc(C(C)(C)C)c2)c1.[Pt]. The van der Waals surface area contributed by atoms with Crippen molar-refractivity contribution in [3.63, 3.8) is 0 Å². The van der Waals surface area contributed by atoms with Gasteiger partial charge in [-0.05, 0) is 86.9 Å². The van der Waals surface area contributed by atoms with Crippen LogP contribution in [0.15, 0.2) is 176 Å². The summed E-state index contributed by atoms with van der Waals surface area (Å²) >= 11 is 0. The molecule has 0 radical (unpaired) electrons. The summed E-state index contributed by atoms with van der Waals surface area (Å²) in [4.78, 5) is 10.6. The second-order valence-corrected chi connectivity index (χ2v) is 21.7. The van der Waals surface area contributed by atoms with Gasteiger partial charge in [0.1, 0.15) is 11.6 Å². The van der Waals surface area contributed by atoms with Crippen molar-refractivity contribution in [2.45, 2.75) is 78.6 Å². The van der Waals surface area contributed by atoms with E-state index in [1.165, 1.54) is 43.8 Å². The van der Waals surface area contributed by atoms with E-state index >= 15 is 0 Å². The maximum atomic E-state index is 11.5. The van der Waals surface area contributed by atoms with Gasteiger partial charge in [-0.3, -0.25) is 9.55 Å². The summed E-state index contributed by atoms with van der Waals surface area (Å²) in [6.45, 7) is 20.4. The van der Waals surface area contributed by atoms with Crippen molar-refractivity contribution < 1.29 is 26.2 Å². The number of para-hydroxylation sites is 4. The van der Waals surface area contributed by atoms with Crippen molar-refractivity contribution in [2.24, 2.45) is 0 Å². The molecule has 11 rings (SSSR count). The Balaban J connectivity index is 0.00000567. The van der Waals surface area contributed by atoms with Crippen molar-refractivity contribution in [1.29, 1.82) is 0 Å². The van der Waals surface area contributed by atoms with Crippen LogP contribution in [0.25, 0.3) is 99.9 Å². The number of hydrogen-bond donors (Lipinski definition) is 1. The van der Waals surface area contributed by atoms with Crippen LogP contribution in [0.1, 0.15) is 79.0 Å². The van der Waals surface area contributed by atoms with Gasteiger partial charge in [0.2, 0.25) is 0 Å². The molecule has 0 fully saturated rings. The molecule has 350 valence electrons. The molecule has 0 amide bonds. The quantitative estimate of drug-likeness (QED) is 0.169. The number of aromatic nitrogens is 4. The minimum absolute atomic E-state index is 0. The predicted octanol–water partition coefficient (Wildman–Crippen LogP) is 16.7. The molecule has 0 unspecified atom stereocenters. The van der Waals surface area contributed by atoms with Crippen LogP contribution in [0.2, 0.25) is 0 Å². The molecule has 0 saturated carbocycles. The average Bonchev–Trinajstić information content (AvgIpc) is 3.89. The van der Waals surface area contributed by atoms with Crippen LogP contribution in [0.3, 0.4) is 0 Å². The first-order valence-corrected chi connectivity index (χ1v) is 24.0. The number of nitrogens with zero attached hydrogens (tertiary/aromatic N) is 4. The third kappa shape index (κ3) is 8.14. The number of pyridine rings is 1. The fourth-order valence-corrected chi connectivity index (χ4v) is 9.96. The van der Waals surface area contributed by atoms with Gasteiger partial charge in [-0.25, -0.2) is 4.98 Å². The number of fused-ring (bicyclic) bond motifs is 5. The van der Waals surface area contributed by atoms with Gasteiger partial charge in [-0.15, -0.1) is 29.3 Å². The van der Waals surface area contributed by atoms with Gasteiger partial charge in [0.05, 0.1) is 33.3 Å². The predicted molar refractivity (Wildman–Crippen MR) is 289 cm³/mol. The van der Waals surface area contributed by atoms with Crippen LogP contribution in [0.4, 0.5) is 0 Å². The number of imidazole rings is 1. The zero-order valence-electron chi connectivity index (χ0n) is 41.3. The van der Waals surface area contributed by atoms with E-state index in [9.17, 15) is 5.11 Å². The monoisotopic (exact) mass is 1090 g/mol. The Kier molecular flexibility index (Phi) is 11.6. The van der Waals surface area contributed by atoms with E-state index in [0.717, 1.165) is 61.4 Å². The van der Waals surface area contributed by atoms with E-state index in [2.05, 4.69) is 223 Å². The molecule has 0 aliphatic heterocycles. The molecule has 8 aromatic carbocycles. The standard InChI is InChI=1S/C64H57N4O.Pt/c1-62(2,3)44-34-42(49-24-18-29-57-59(49)66-61(53-23-13-15-30-58(53)69)67(57)47-38-45(63(4,5)6)37-46(39-47)64(7,8)9)33-43(35-44)54-36-41(31-32-65-54)50-25-17-26-52-51-22-12-14-27-56(51)68(60(50)52)55-28-16-20-40-19-10-11-21-48(40)55;/h10-32,34-39,69H,1-9H3;/q-1;. The smallest absolute Gasteiger partial charge is 0.148 e. The van der Waals surface area contributed by atoms with E-state index in [4.69, 9.17) is 9.97 Å². The molecule has 6 heteroatoms. The van der Waals surface area contributed by atoms with Gasteiger partial charge in [-0.2, -0.15) is 0 Å². The fraction of sp³-hybridized carbons (Fsp3) is 0.188. The zero-order chi connectivity index (χ0) is 48.0. The normalized spacial score (nSPS) is 12.3. The van der Waals surface area contributed by atoms with Crippen LogP contribution < -0.4 is 0 Å². The van der Waals surface area contributed by atoms with Gasteiger partial charge in [0, 0.05) is 60.4 Å². The molecule has 0 saturated heterocycles. The molecular weight excluding hydrogens is 1040 g/mol. The molecule has 11 aromatic rings. The molecule has 1 N–H and O–H groups in total. The third-order valence-corrected chi connectivity index (χ3v) is 13.8. The number of phenolic OH excluding ortho intramolecular Hbond substituents is 1. The largest absolute Gasteiger partial charge is 0.507 e. The van der Waals surface area contributed by atoms with Gasteiger partial charge < -0.3 is 9.67 Å². The fourth-order valence-electron chi connectivity index (χ4n) is 9.96. The third-order valence-electron chi connectivity index (χ3n) is 13.8. The summed E-state index contributed by atoms with van der Waals surface area (Å²) in [5.74, 6) is 0.861. The van der Waals surface area contributed by atoms with Crippen LogP contribution in [-0.2, 0) is 37.3 Å². The molecule has 70 heavy (non-hydrogen) atoms. The van der Waals surface area contributed by atoms with Crippen LogP contribution in [-0.4, -0.2) is 24.2 Å². The number of phenols is 1. The number of benzene rings is 8. The molecular formula is C64H57N4OPt-. The minimum atomic E-state index is -0.188. The van der Waals surface area contributed by atoms with Crippen molar-refractivity contribution in [3.05, 3.63) is 199 Å². The minimum Gasteiger partial charge on any atom is -0.507 e. The Morgan fingerprint density at radius 3 is 1.80 bits per heavy atom. The van der Waals surface area contributed by atoms with Crippen molar-refractivity contribution in [3.8, 4) is 62.0 Å². The van der Waals surface area contributed by atoms with Crippen molar-refractivity contribution in [2.75, 3.05) is 0 Å². The van der Waals surface area contributed by atoms with Crippen molar-refractivity contribution in [1.82, 2.24) is 19.1 Å². The molecule has 3 heterocycles. The summed E-state index contributed by atoms with van der Waals surface area (Å²) in [5.41, 5.74) is 16.0. The summed E-state index contributed by atoms with van der Waals surface area (Å²) in [6.07, 6.45) is 1.93. The Morgan fingerprint density at radius 2 is 1.06 bits per heavy atom. The van der Waals surface area contributed by atoms with Gasteiger partial charge in [0.15, 0.2) is 0 Å².